The van der Waals surface area contributed by atoms with E-state index in [2.05, 4.69) is 5.32 Å². The van der Waals surface area contributed by atoms with E-state index in [1.807, 2.05) is 26.0 Å². The van der Waals surface area contributed by atoms with Gasteiger partial charge in [0.1, 0.15) is 0 Å². The van der Waals surface area contributed by atoms with E-state index in [4.69, 9.17) is 11.6 Å². The molecule has 0 aromatic heterocycles. The highest BCUT2D eigenvalue weighted by Gasteiger charge is 2.09. The average molecular weight is 288 g/mol. The minimum Gasteiger partial charge on any atom is -0.389 e. The first kappa shape index (κ1) is 15.3. The van der Waals surface area contributed by atoms with Gasteiger partial charge in [-0.1, -0.05) is 17.7 Å². The van der Waals surface area contributed by atoms with Gasteiger partial charge in [-0.3, -0.25) is 4.79 Å². The van der Waals surface area contributed by atoms with Gasteiger partial charge in [0.05, 0.1) is 16.9 Å². The van der Waals surface area contributed by atoms with Gasteiger partial charge < -0.3 is 10.4 Å². The summed E-state index contributed by atoms with van der Waals surface area (Å²) in [6.45, 7) is 5.54. The molecule has 1 atom stereocenters. The van der Waals surface area contributed by atoms with E-state index < -0.39 is 6.10 Å². The predicted molar refractivity (Wildman–Crippen MR) is 76.1 cm³/mol. The van der Waals surface area contributed by atoms with E-state index in [1.165, 1.54) is 11.8 Å². The molecule has 0 aliphatic heterocycles. The smallest absolute Gasteiger partial charge is 0.230 e. The maximum Gasteiger partial charge on any atom is 0.230 e. The molecule has 18 heavy (non-hydrogen) atoms. The second-order valence-electron chi connectivity index (χ2n) is 4.38. The molecule has 0 radical (unpaired) electrons. The molecular weight excluding hydrogens is 270 g/mol. The Kier molecular flexibility index (Phi) is 5.99. The molecule has 0 saturated heterocycles. The molecule has 0 heterocycles. The SMILES string of the molecule is CC(C)NC(=O)CSc1ccc([C@@H](C)O)cc1Cl. The molecule has 2 N–H and O–H groups in total. The molecule has 1 aromatic carbocycles. The molecular formula is C13H18ClNO2S. The van der Waals surface area contributed by atoms with Crippen LogP contribution in [-0.2, 0) is 4.79 Å². The third-order valence-electron chi connectivity index (χ3n) is 2.25. The van der Waals surface area contributed by atoms with Crippen LogP contribution >= 0.6 is 23.4 Å². The van der Waals surface area contributed by atoms with E-state index in [0.29, 0.717) is 10.8 Å². The van der Waals surface area contributed by atoms with Gasteiger partial charge in [0.25, 0.3) is 0 Å². The van der Waals surface area contributed by atoms with Crippen molar-refractivity contribution in [2.75, 3.05) is 5.75 Å². The summed E-state index contributed by atoms with van der Waals surface area (Å²) in [7, 11) is 0. The fraction of sp³-hybridized carbons (Fsp3) is 0.462. The van der Waals surface area contributed by atoms with Crippen LogP contribution in [0.4, 0.5) is 0 Å². The van der Waals surface area contributed by atoms with Crippen LogP contribution in [-0.4, -0.2) is 22.8 Å². The lowest BCUT2D eigenvalue weighted by Crippen LogP contribution is -2.31. The van der Waals surface area contributed by atoms with Gasteiger partial charge >= 0.3 is 0 Å². The zero-order chi connectivity index (χ0) is 13.7. The summed E-state index contributed by atoms with van der Waals surface area (Å²) >= 11 is 7.49. The Balaban J connectivity index is 2.60. The van der Waals surface area contributed by atoms with E-state index >= 15 is 0 Å². The number of thioether (sulfide) groups is 1. The number of halogens is 1. The lowest BCUT2D eigenvalue weighted by Gasteiger charge is -2.10. The number of nitrogens with one attached hydrogen (secondary N) is 1. The summed E-state index contributed by atoms with van der Waals surface area (Å²) in [4.78, 5) is 12.3. The monoisotopic (exact) mass is 287 g/mol. The first-order valence-corrected chi connectivity index (χ1v) is 7.16. The van der Waals surface area contributed by atoms with Crippen LogP contribution in [0.1, 0.15) is 32.4 Å². The summed E-state index contributed by atoms with van der Waals surface area (Å²) < 4.78 is 0. The molecule has 1 aromatic rings. The van der Waals surface area contributed by atoms with Crippen molar-refractivity contribution in [3.8, 4) is 0 Å². The lowest BCUT2D eigenvalue weighted by molar-refractivity contribution is -0.119. The summed E-state index contributed by atoms with van der Waals surface area (Å²) in [5, 5.41) is 12.8. The Morgan fingerprint density at radius 2 is 2.11 bits per heavy atom. The molecule has 3 nitrogen and oxygen atoms in total. The van der Waals surface area contributed by atoms with Gasteiger partial charge in [-0.25, -0.2) is 0 Å². The lowest BCUT2D eigenvalue weighted by atomic mass is 10.1. The molecule has 0 aliphatic rings. The Morgan fingerprint density at radius 3 is 2.61 bits per heavy atom. The zero-order valence-corrected chi connectivity index (χ0v) is 12.3. The van der Waals surface area contributed by atoms with Crippen molar-refractivity contribution in [2.24, 2.45) is 0 Å². The predicted octanol–water partition coefficient (Wildman–Crippen LogP) is 3.01. The summed E-state index contributed by atoms with van der Waals surface area (Å²) in [6.07, 6.45) is -0.536. The van der Waals surface area contributed by atoms with Crippen molar-refractivity contribution in [1.29, 1.82) is 0 Å². The Morgan fingerprint density at radius 1 is 1.44 bits per heavy atom. The number of hydrogen-bond acceptors (Lipinski definition) is 3. The first-order chi connectivity index (χ1) is 8.40. The summed E-state index contributed by atoms with van der Waals surface area (Å²) in [5.74, 6) is 0.331. The highest BCUT2D eigenvalue weighted by molar-refractivity contribution is 8.00. The summed E-state index contributed by atoms with van der Waals surface area (Å²) in [5.41, 5.74) is 0.774. The number of aliphatic hydroxyl groups is 1. The second-order valence-corrected chi connectivity index (χ2v) is 5.80. The van der Waals surface area contributed by atoms with Crippen LogP contribution in [0.25, 0.3) is 0 Å². The van der Waals surface area contributed by atoms with Crippen LogP contribution in [0.2, 0.25) is 5.02 Å². The standard InChI is InChI=1S/C13H18ClNO2S/c1-8(2)15-13(17)7-18-12-5-4-10(9(3)16)6-11(12)14/h4-6,8-9,16H,7H2,1-3H3,(H,15,17)/t9-/m1/s1. The molecule has 0 bridgehead atoms. The van der Waals surface area contributed by atoms with Crippen molar-refractivity contribution in [1.82, 2.24) is 5.32 Å². The number of benzene rings is 1. The van der Waals surface area contributed by atoms with Crippen LogP contribution in [0.5, 0.6) is 0 Å². The Labute approximate surface area is 117 Å². The van der Waals surface area contributed by atoms with Crippen molar-refractivity contribution >= 4 is 29.3 Å². The molecule has 0 fully saturated rings. The normalized spacial score (nSPS) is 12.6. The number of aliphatic hydroxyl groups excluding tert-OH is 1. The van der Waals surface area contributed by atoms with Crippen LogP contribution in [0, 0.1) is 0 Å². The van der Waals surface area contributed by atoms with Crippen LogP contribution in [0.15, 0.2) is 23.1 Å². The number of rotatable bonds is 5. The van der Waals surface area contributed by atoms with E-state index in [0.717, 1.165) is 10.5 Å². The van der Waals surface area contributed by atoms with Gasteiger partial charge in [-0.15, -0.1) is 11.8 Å². The van der Waals surface area contributed by atoms with Gasteiger partial charge in [-0.05, 0) is 38.5 Å². The molecule has 0 aliphatic carbocycles. The van der Waals surface area contributed by atoms with Crippen molar-refractivity contribution in [3.63, 3.8) is 0 Å². The molecule has 5 heteroatoms. The van der Waals surface area contributed by atoms with Crippen molar-refractivity contribution in [2.45, 2.75) is 37.8 Å². The van der Waals surface area contributed by atoms with E-state index in [1.54, 1.807) is 13.0 Å². The number of hydrogen-bond donors (Lipinski definition) is 2. The van der Waals surface area contributed by atoms with Crippen molar-refractivity contribution < 1.29 is 9.90 Å². The fourth-order valence-electron chi connectivity index (χ4n) is 1.40. The molecule has 1 rings (SSSR count). The topological polar surface area (TPSA) is 49.3 Å². The van der Waals surface area contributed by atoms with Gasteiger partial charge in [0.15, 0.2) is 0 Å². The highest BCUT2D eigenvalue weighted by atomic mass is 35.5. The maximum absolute atomic E-state index is 11.5. The van der Waals surface area contributed by atoms with E-state index in [-0.39, 0.29) is 11.9 Å². The van der Waals surface area contributed by atoms with Gasteiger partial charge in [-0.2, -0.15) is 0 Å². The number of carbonyl (C=O) groups excluding carboxylic acids is 1. The minimum atomic E-state index is -0.536. The Hall–Kier alpha value is -0.710. The highest BCUT2D eigenvalue weighted by Crippen LogP contribution is 2.29. The third kappa shape index (κ3) is 4.88. The minimum absolute atomic E-state index is 0.00864. The Bertz CT molecular complexity index is 421. The molecule has 0 spiro atoms. The van der Waals surface area contributed by atoms with Crippen LogP contribution in [0.3, 0.4) is 0 Å². The quantitative estimate of drug-likeness (QED) is 0.819. The third-order valence-corrected chi connectivity index (χ3v) is 3.75. The summed E-state index contributed by atoms with van der Waals surface area (Å²) in [6, 6.07) is 5.53. The zero-order valence-electron chi connectivity index (χ0n) is 10.7. The van der Waals surface area contributed by atoms with E-state index in [9.17, 15) is 9.90 Å². The van der Waals surface area contributed by atoms with Crippen molar-refractivity contribution in [3.05, 3.63) is 28.8 Å². The average Bonchev–Trinajstić information content (AvgIpc) is 2.26. The number of carbonyl (C=O) groups is 1. The second kappa shape index (κ2) is 7.02. The molecule has 100 valence electrons. The first-order valence-electron chi connectivity index (χ1n) is 5.80. The van der Waals surface area contributed by atoms with Gasteiger partial charge in [0, 0.05) is 10.9 Å². The largest absolute Gasteiger partial charge is 0.389 e. The van der Waals surface area contributed by atoms with Crippen LogP contribution < -0.4 is 5.32 Å². The fourth-order valence-corrected chi connectivity index (χ4v) is 2.48. The molecule has 0 saturated carbocycles. The molecule has 0 unspecified atom stereocenters. The number of amides is 1. The maximum atomic E-state index is 11.5. The van der Waals surface area contributed by atoms with Gasteiger partial charge in [0.2, 0.25) is 5.91 Å². The molecule has 1 amide bonds.